The van der Waals surface area contributed by atoms with Crippen molar-refractivity contribution in [1.82, 2.24) is 4.90 Å². The number of hydrogen-bond acceptors (Lipinski definition) is 2. The van der Waals surface area contributed by atoms with Crippen molar-refractivity contribution in [3.05, 3.63) is 65.7 Å². The number of carbonyl (C=O) groups is 2. The zero-order valence-corrected chi connectivity index (χ0v) is 15.0. The highest BCUT2D eigenvalue weighted by Gasteiger charge is 2.11. The third-order valence-corrected chi connectivity index (χ3v) is 4.21. The molecule has 0 spiro atoms. The van der Waals surface area contributed by atoms with Crippen molar-refractivity contribution in [3.63, 3.8) is 0 Å². The number of rotatable bonds is 8. The fourth-order valence-electron chi connectivity index (χ4n) is 2.62. The van der Waals surface area contributed by atoms with E-state index in [1.807, 2.05) is 54.6 Å². The molecule has 0 fully saturated rings. The van der Waals surface area contributed by atoms with Crippen molar-refractivity contribution >= 4 is 17.5 Å². The second kappa shape index (κ2) is 9.62. The van der Waals surface area contributed by atoms with E-state index in [0.717, 1.165) is 18.5 Å². The summed E-state index contributed by atoms with van der Waals surface area (Å²) in [5.41, 5.74) is 3.22. The zero-order chi connectivity index (χ0) is 18.1. The molecule has 0 heterocycles. The van der Waals surface area contributed by atoms with E-state index in [1.165, 1.54) is 11.1 Å². The van der Waals surface area contributed by atoms with Crippen LogP contribution >= 0.6 is 0 Å². The lowest BCUT2D eigenvalue weighted by Gasteiger charge is -2.21. The summed E-state index contributed by atoms with van der Waals surface area (Å²) in [4.78, 5) is 25.6. The van der Waals surface area contributed by atoms with Crippen LogP contribution in [-0.2, 0) is 22.4 Å². The Morgan fingerprint density at radius 3 is 2.20 bits per heavy atom. The molecule has 25 heavy (non-hydrogen) atoms. The quantitative estimate of drug-likeness (QED) is 0.798. The fraction of sp³-hybridized carbons (Fsp3) is 0.333. The average Bonchev–Trinajstić information content (AvgIpc) is 2.63. The van der Waals surface area contributed by atoms with Gasteiger partial charge in [-0.25, -0.2) is 0 Å². The Morgan fingerprint density at radius 2 is 1.60 bits per heavy atom. The van der Waals surface area contributed by atoms with E-state index in [2.05, 4.69) is 12.2 Å². The number of aryl methyl sites for hydroxylation is 1. The van der Waals surface area contributed by atoms with Crippen LogP contribution in [-0.4, -0.2) is 29.8 Å². The van der Waals surface area contributed by atoms with Gasteiger partial charge in [0, 0.05) is 32.1 Å². The molecular weight excluding hydrogens is 312 g/mol. The molecule has 0 atom stereocenters. The molecule has 0 aliphatic rings. The summed E-state index contributed by atoms with van der Waals surface area (Å²) in [7, 11) is 0. The van der Waals surface area contributed by atoms with E-state index >= 15 is 0 Å². The largest absolute Gasteiger partial charge is 0.342 e. The van der Waals surface area contributed by atoms with Gasteiger partial charge in [0.15, 0.2) is 0 Å². The Hall–Kier alpha value is -2.62. The van der Waals surface area contributed by atoms with Gasteiger partial charge in [-0.1, -0.05) is 49.4 Å². The molecular formula is C21H26N2O2. The monoisotopic (exact) mass is 338 g/mol. The predicted molar refractivity (Wildman–Crippen MR) is 101 cm³/mol. The second-order valence-corrected chi connectivity index (χ2v) is 6.09. The SMILES string of the molecule is CCc1ccc(NC(=O)CCN(CCc2ccccc2)C(C)=O)cc1. The number of nitrogens with one attached hydrogen (secondary N) is 1. The summed E-state index contributed by atoms with van der Waals surface area (Å²) in [5.74, 6) is -0.0776. The van der Waals surface area contributed by atoms with Crippen molar-refractivity contribution in [2.24, 2.45) is 0 Å². The Morgan fingerprint density at radius 1 is 0.920 bits per heavy atom. The van der Waals surface area contributed by atoms with Crippen LogP contribution in [0, 0.1) is 0 Å². The summed E-state index contributed by atoms with van der Waals surface area (Å²) >= 11 is 0. The Kier molecular flexibility index (Phi) is 7.20. The van der Waals surface area contributed by atoms with Crippen molar-refractivity contribution in [2.45, 2.75) is 33.1 Å². The molecule has 0 aromatic heterocycles. The summed E-state index contributed by atoms with van der Waals surface area (Å²) in [5, 5.41) is 2.88. The third-order valence-electron chi connectivity index (χ3n) is 4.21. The number of amides is 2. The van der Waals surface area contributed by atoms with Gasteiger partial charge in [-0.15, -0.1) is 0 Å². The maximum absolute atomic E-state index is 12.1. The van der Waals surface area contributed by atoms with Crippen molar-refractivity contribution in [3.8, 4) is 0 Å². The van der Waals surface area contributed by atoms with Gasteiger partial charge in [-0.05, 0) is 36.1 Å². The van der Waals surface area contributed by atoms with Crippen molar-refractivity contribution in [2.75, 3.05) is 18.4 Å². The van der Waals surface area contributed by atoms with E-state index < -0.39 is 0 Å². The lowest BCUT2D eigenvalue weighted by atomic mass is 10.1. The molecule has 0 saturated heterocycles. The molecule has 2 amide bonds. The summed E-state index contributed by atoms with van der Waals surface area (Å²) < 4.78 is 0. The zero-order valence-electron chi connectivity index (χ0n) is 15.0. The highest BCUT2D eigenvalue weighted by molar-refractivity contribution is 5.91. The molecule has 0 bridgehead atoms. The molecule has 4 nitrogen and oxygen atoms in total. The second-order valence-electron chi connectivity index (χ2n) is 6.09. The van der Waals surface area contributed by atoms with Gasteiger partial charge in [0.2, 0.25) is 11.8 Å². The van der Waals surface area contributed by atoms with Crippen molar-refractivity contribution < 1.29 is 9.59 Å². The average molecular weight is 338 g/mol. The molecule has 0 saturated carbocycles. The summed E-state index contributed by atoms with van der Waals surface area (Å²) in [6.45, 7) is 4.70. The minimum Gasteiger partial charge on any atom is -0.342 e. The standard InChI is InChI=1S/C21H26N2O2/c1-3-18-9-11-20(12-10-18)22-21(25)14-16-23(17(2)24)15-13-19-7-5-4-6-8-19/h4-12H,3,13-16H2,1-2H3,(H,22,25). The van der Waals surface area contributed by atoms with Gasteiger partial charge in [-0.3, -0.25) is 9.59 Å². The van der Waals surface area contributed by atoms with Gasteiger partial charge < -0.3 is 10.2 Å². The lowest BCUT2D eigenvalue weighted by molar-refractivity contribution is -0.129. The molecule has 132 valence electrons. The van der Waals surface area contributed by atoms with E-state index in [0.29, 0.717) is 19.5 Å². The van der Waals surface area contributed by atoms with Crippen LogP contribution in [0.3, 0.4) is 0 Å². The number of benzene rings is 2. The Bertz CT molecular complexity index is 681. The molecule has 4 heteroatoms. The first-order chi connectivity index (χ1) is 12.1. The highest BCUT2D eigenvalue weighted by atomic mass is 16.2. The first-order valence-electron chi connectivity index (χ1n) is 8.76. The molecule has 0 aliphatic heterocycles. The van der Waals surface area contributed by atoms with Crippen LogP contribution in [0.4, 0.5) is 5.69 Å². The van der Waals surface area contributed by atoms with Crippen LogP contribution < -0.4 is 5.32 Å². The predicted octanol–water partition coefficient (Wildman–Crippen LogP) is 3.67. The molecule has 1 N–H and O–H groups in total. The Balaban J connectivity index is 1.81. The summed E-state index contributed by atoms with van der Waals surface area (Å²) in [6, 6.07) is 17.9. The van der Waals surface area contributed by atoms with Crippen LogP contribution in [0.15, 0.2) is 54.6 Å². The van der Waals surface area contributed by atoms with Crippen LogP contribution in [0.5, 0.6) is 0 Å². The molecule has 2 aromatic carbocycles. The molecule has 2 rings (SSSR count). The van der Waals surface area contributed by atoms with E-state index in [1.54, 1.807) is 11.8 Å². The first-order valence-corrected chi connectivity index (χ1v) is 8.76. The molecule has 0 radical (unpaired) electrons. The van der Waals surface area contributed by atoms with Crippen LogP contribution in [0.2, 0.25) is 0 Å². The topological polar surface area (TPSA) is 49.4 Å². The van der Waals surface area contributed by atoms with E-state index in [9.17, 15) is 9.59 Å². The molecule has 0 aliphatic carbocycles. The minimum atomic E-state index is -0.0739. The molecule has 2 aromatic rings. The van der Waals surface area contributed by atoms with Crippen molar-refractivity contribution in [1.29, 1.82) is 0 Å². The summed E-state index contributed by atoms with van der Waals surface area (Å²) in [6.07, 6.45) is 2.06. The van der Waals surface area contributed by atoms with Crippen LogP contribution in [0.1, 0.15) is 31.4 Å². The number of anilines is 1. The van der Waals surface area contributed by atoms with Gasteiger partial charge >= 0.3 is 0 Å². The maximum atomic E-state index is 12.1. The van der Waals surface area contributed by atoms with E-state index in [4.69, 9.17) is 0 Å². The van der Waals surface area contributed by atoms with E-state index in [-0.39, 0.29) is 11.8 Å². The normalized spacial score (nSPS) is 10.3. The highest BCUT2D eigenvalue weighted by Crippen LogP contribution is 2.10. The lowest BCUT2D eigenvalue weighted by Crippen LogP contribution is -2.33. The maximum Gasteiger partial charge on any atom is 0.226 e. The smallest absolute Gasteiger partial charge is 0.226 e. The fourth-order valence-corrected chi connectivity index (χ4v) is 2.62. The van der Waals surface area contributed by atoms with Gasteiger partial charge in [0.25, 0.3) is 0 Å². The van der Waals surface area contributed by atoms with Gasteiger partial charge in [-0.2, -0.15) is 0 Å². The minimum absolute atomic E-state index is 0.00368. The third kappa shape index (κ3) is 6.42. The Labute approximate surface area is 149 Å². The first kappa shape index (κ1) is 18.7. The van der Waals surface area contributed by atoms with Crippen LogP contribution in [0.25, 0.3) is 0 Å². The molecule has 0 unspecified atom stereocenters. The number of carbonyl (C=O) groups excluding carboxylic acids is 2. The van der Waals surface area contributed by atoms with Gasteiger partial charge in [0.05, 0.1) is 0 Å². The number of hydrogen-bond donors (Lipinski definition) is 1. The number of nitrogens with zero attached hydrogens (tertiary/aromatic N) is 1. The van der Waals surface area contributed by atoms with Gasteiger partial charge in [0.1, 0.15) is 0 Å².